The van der Waals surface area contributed by atoms with Gasteiger partial charge < -0.3 is 11.5 Å². The maximum absolute atomic E-state index is 5.60. The molecule has 1 aliphatic carbocycles. The van der Waals surface area contributed by atoms with E-state index in [4.69, 9.17) is 11.5 Å². The molecule has 0 aromatic carbocycles. The molecular formula is C11H15N3. The highest BCUT2D eigenvalue weighted by atomic mass is 14.9. The molecule has 3 heteroatoms. The fourth-order valence-electron chi connectivity index (χ4n) is 1.04. The maximum atomic E-state index is 5.60. The highest BCUT2D eigenvalue weighted by Gasteiger charge is 2.05. The Kier molecular flexibility index (Phi) is 3.42. The van der Waals surface area contributed by atoms with Crippen LogP contribution in [0.25, 0.3) is 0 Å². The van der Waals surface area contributed by atoms with Crippen molar-refractivity contribution in [1.82, 2.24) is 0 Å². The van der Waals surface area contributed by atoms with Crippen molar-refractivity contribution < 1.29 is 0 Å². The second-order valence-electron chi connectivity index (χ2n) is 2.99. The predicted molar refractivity (Wildman–Crippen MR) is 60.8 cm³/mol. The van der Waals surface area contributed by atoms with E-state index in [1.54, 1.807) is 6.08 Å². The largest absolute Gasteiger partial charge is 0.384 e. The van der Waals surface area contributed by atoms with Crippen molar-refractivity contribution in [2.45, 2.75) is 6.92 Å². The van der Waals surface area contributed by atoms with Crippen LogP contribution in [0, 0.1) is 0 Å². The Morgan fingerprint density at radius 2 is 2.29 bits per heavy atom. The summed E-state index contributed by atoms with van der Waals surface area (Å²) in [7, 11) is 0. The van der Waals surface area contributed by atoms with Crippen LogP contribution in [-0.4, -0.2) is 12.3 Å². The fourth-order valence-corrected chi connectivity index (χ4v) is 1.04. The molecule has 0 unspecified atom stereocenters. The SMILES string of the molecule is C=C1C=CC(CN)=C/C1=N/C(N)=C\C. The zero-order valence-corrected chi connectivity index (χ0v) is 8.33. The minimum Gasteiger partial charge on any atom is -0.384 e. The smallest absolute Gasteiger partial charge is 0.119 e. The van der Waals surface area contributed by atoms with Gasteiger partial charge in [-0.1, -0.05) is 18.7 Å². The molecule has 0 heterocycles. The first-order valence-electron chi connectivity index (χ1n) is 4.46. The summed E-state index contributed by atoms with van der Waals surface area (Å²) < 4.78 is 0. The predicted octanol–water partition coefficient (Wildman–Crippen LogP) is 1.26. The van der Waals surface area contributed by atoms with Crippen LogP contribution in [0.15, 0.2) is 52.8 Å². The molecule has 4 N–H and O–H groups in total. The van der Waals surface area contributed by atoms with E-state index in [2.05, 4.69) is 11.6 Å². The van der Waals surface area contributed by atoms with Gasteiger partial charge in [0.15, 0.2) is 0 Å². The number of nitrogens with zero attached hydrogens (tertiary/aromatic N) is 1. The lowest BCUT2D eigenvalue weighted by molar-refractivity contribution is 1.18. The van der Waals surface area contributed by atoms with Crippen molar-refractivity contribution in [1.29, 1.82) is 0 Å². The molecule has 0 bridgehead atoms. The molecular weight excluding hydrogens is 174 g/mol. The van der Waals surface area contributed by atoms with Gasteiger partial charge in [-0.15, -0.1) is 0 Å². The minimum atomic E-state index is 0.490. The highest BCUT2D eigenvalue weighted by Crippen LogP contribution is 2.12. The van der Waals surface area contributed by atoms with E-state index >= 15 is 0 Å². The molecule has 0 aromatic rings. The number of rotatable bonds is 2. The molecule has 0 amide bonds. The molecule has 1 rings (SSSR count). The fraction of sp³-hybridized carbons (Fsp3) is 0.182. The second-order valence-corrected chi connectivity index (χ2v) is 2.99. The molecule has 0 aromatic heterocycles. The van der Waals surface area contributed by atoms with Crippen molar-refractivity contribution >= 4 is 5.71 Å². The van der Waals surface area contributed by atoms with Crippen molar-refractivity contribution in [3.63, 3.8) is 0 Å². The number of allylic oxidation sites excluding steroid dienone is 4. The zero-order valence-electron chi connectivity index (χ0n) is 8.33. The summed E-state index contributed by atoms with van der Waals surface area (Å²) in [5, 5.41) is 0. The van der Waals surface area contributed by atoms with E-state index in [1.165, 1.54) is 0 Å². The van der Waals surface area contributed by atoms with Gasteiger partial charge in [0.25, 0.3) is 0 Å². The molecule has 0 radical (unpaired) electrons. The molecule has 0 fully saturated rings. The van der Waals surface area contributed by atoms with Gasteiger partial charge >= 0.3 is 0 Å². The summed E-state index contributed by atoms with van der Waals surface area (Å²) in [6, 6.07) is 0. The first kappa shape index (κ1) is 10.5. The maximum Gasteiger partial charge on any atom is 0.119 e. The lowest BCUT2D eigenvalue weighted by Crippen LogP contribution is -2.10. The Balaban J connectivity index is 2.99. The van der Waals surface area contributed by atoms with Crippen LogP contribution in [-0.2, 0) is 0 Å². The van der Waals surface area contributed by atoms with E-state index in [1.807, 2.05) is 25.2 Å². The van der Waals surface area contributed by atoms with Crippen LogP contribution < -0.4 is 11.5 Å². The molecule has 0 spiro atoms. The third kappa shape index (κ3) is 2.44. The summed E-state index contributed by atoms with van der Waals surface area (Å²) >= 11 is 0. The van der Waals surface area contributed by atoms with Gasteiger partial charge in [-0.25, -0.2) is 4.99 Å². The van der Waals surface area contributed by atoms with E-state index in [0.717, 1.165) is 16.9 Å². The van der Waals surface area contributed by atoms with Crippen molar-refractivity contribution in [3.8, 4) is 0 Å². The lowest BCUT2D eigenvalue weighted by atomic mass is 10.0. The van der Waals surface area contributed by atoms with Crippen LogP contribution in [0.4, 0.5) is 0 Å². The first-order valence-corrected chi connectivity index (χ1v) is 4.46. The van der Waals surface area contributed by atoms with E-state index in [0.29, 0.717) is 12.4 Å². The molecule has 0 saturated carbocycles. The minimum absolute atomic E-state index is 0.490. The van der Waals surface area contributed by atoms with Crippen LogP contribution >= 0.6 is 0 Å². The zero-order chi connectivity index (χ0) is 10.6. The Morgan fingerprint density at radius 3 is 2.86 bits per heavy atom. The van der Waals surface area contributed by atoms with Gasteiger partial charge in [-0.2, -0.15) is 0 Å². The number of nitrogens with two attached hydrogens (primary N) is 2. The lowest BCUT2D eigenvalue weighted by Gasteiger charge is -2.09. The molecule has 0 atom stereocenters. The Bertz CT molecular complexity index is 357. The summed E-state index contributed by atoms with van der Waals surface area (Å²) in [6.45, 7) is 6.21. The van der Waals surface area contributed by atoms with Crippen molar-refractivity contribution in [2.75, 3.05) is 6.54 Å². The van der Waals surface area contributed by atoms with Gasteiger partial charge in [0.1, 0.15) is 5.82 Å². The third-order valence-corrected chi connectivity index (χ3v) is 1.93. The molecule has 1 aliphatic rings. The standard InChI is InChI=1S/C11H15N3/c1-3-11(13)14-10-6-9(7-12)5-4-8(10)2/h3-6H,2,7,12-13H2,1H3/b11-3-,14-10-. The summed E-state index contributed by atoms with van der Waals surface area (Å²) in [5.41, 5.74) is 13.8. The van der Waals surface area contributed by atoms with Gasteiger partial charge in [0.05, 0.1) is 5.71 Å². The number of aliphatic imine (C=N–C) groups is 1. The monoisotopic (exact) mass is 189 g/mol. The third-order valence-electron chi connectivity index (χ3n) is 1.93. The quantitative estimate of drug-likeness (QED) is 0.686. The summed E-state index contributed by atoms with van der Waals surface area (Å²) in [6.07, 6.45) is 7.48. The Labute approximate surface area is 84.2 Å². The average molecular weight is 189 g/mol. The Morgan fingerprint density at radius 1 is 1.57 bits per heavy atom. The van der Waals surface area contributed by atoms with Crippen LogP contribution in [0.5, 0.6) is 0 Å². The molecule has 74 valence electrons. The van der Waals surface area contributed by atoms with E-state index in [9.17, 15) is 0 Å². The normalized spacial score (nSPS) is 20.1. The second kappa shape index (κ2) is 4.58. The van der Waals surface area contributed by atoms with Gasteiger partial charge in [0, 0.05) is 6.54 Å². The van der Waals surface area contributed by atoms with Gasteiger partial charge in [0.2, 0.25) is 0 Å². The van der Waals surface area contributed by atoms with E-state index in [-0.39, 0.29) is 0 Å². The first-order chi connectivity index (χ1) is 6.67. The highest BCUT2D eigenvalue weighted by molar-refractivity contribution is 6.12. The number of hydrogen-bond acceptors (Lipinski definition) is 3. The van der Waals surface area contributed by atoms with Gasteiger partial charge in [-0.05, 0) is 30.2 Å². The molecule has 0 aliphatic heterocycles. The van der Waals surface area contributed by atoms with E-state index < -0.39 is 0 Å². The molecule has 3 nitrogen and oxygen atoms in total. The van der Waals surface area contributed by atoms with Gasteiger partial charge in [-0.3, -0.25) is 0 Å². The van der Waals surface area contributed by atoms with Crippen molar-refractivity contribution in [3.05, 3.63) is 47.9 Å². The van der Waals surface area contributed by atoms with Crippen LogP contribution in [0.1, 0.15) is 6.92 Å². The Hall–Kier alpha value is -1.61. The van der Waals surface area contributed by atoms with Crippen molar-refractivity contribution in [2.24, 2.45) is 16.5 Å². The average Bonchev–Trinajstić information content (AvgIpc) is 2.21. The molecule has 0 saturated heterocycles. The van der Waals surface area contributed by atoms with Crippen LogP contribution in [0.2, 0.25) is 0 Å². The number of hydrogen-bond donors (Lipinski definition) is 2. The summed E-state index contributed by atoms with van der Waals surface area (Å²) in [5.74, 6) is 0.490. The molecule has 14 heavy (non-hydrogen) atoms. The topological polar surface area (TPSA) is 64.4 Å². The summed E-state index contributed by atoms with van der Waals surface area (Å²) in [4.78, 5) is 4.21. The van der Waals surface area contributed by atoms with Crippen LogP contribution in [0.3, 0.4) is 0 Å².